The van der Waals surface area contributed by atoms with Crippen molar-refractivity contribution in [3.8, 4) is 11.1 Å². The van der Waals surface area contributed by atoms with Crippen LogP contribution < -0.4 is 0 Å². The summed E-state index contributed by atoms with van der Waals surface area (Å²) in [5.41, 5.74) is 1.94. The molecule has 1 atom stereocenters. The van der Waals surface area contributed by atoms with E-state index < -0.39 is 0 Å². The van der Waals surface area contributed by atoms with E-state index in [0.29, 0.717) is 5.02 Å². The van der Waals surface area contributed by atoms with Crippen LogP contribution >= 0.6 is 22.9 Å². The van der Waals surface area contributed by atoms with Crippen molar-refractivity contribution in [1.82, 2.24) is 0 Å². The van der Waals surface area contributed by atoms with Crippen LogP contribution in [0, 0.1) is 0 Å². The van der Waals surface area contributed by atoms with Gasteiger partial charge in [0, 0.05) is 15.8 Å². The summed E-state index contributed by atoms with van der Waals surface area (Å²) < 4.78 is 4.71. The van der Waals surface area contributed by atoms with Crippen LogP contribution in [0.25, 0.3) is 11.1 Å². The number of rotatable bonds is 3. The molecule has 4 nitrogen and oxygen atoms in total. The van der Waals surface area contributed by atoms with Crippen LogP contribution in [-0.4, -0.2) is 33.5 Å². The van der Waals surface area contributed by atoms with E-state index in [1.54, 1.807) is 0 Å². The maximum absolute atomic E-state index is 11.6. The molecule has 0 saturated carbocycles. The molecule has 2 radical (unpaired) electrons. The number of hydrogen-bond acceptors (Lipinski definition) is 3. The Morgan fingerprint density at radius 2 is 1.90 bits per heavy atom. The molecule has 106 valence electrons. The molecule has 20 heavy (non-hydrogen) atoms. The summed E-state index contributed by atoms with van der Waals surface area (Å²) in [4.78, 5) is 12.6. The Morgan fingerprint density at radius 1 is 1.30 bits per heavy atom. The van der Waals surface area contributed by atoms with Crippen molar-refractivity contribution < 1.29 is 19.5 Å². The molecule has 1 heterocycles. The molecule has 0 aliphatic rings. The van der Waals surface area contributed by atoms with Gasteiger partial charge in [-0.15, -0.1) is 11.3 Å². The van der Waals surface area contributed by atoms with E-state index in [4.69, 9.17) is 15.4 Å². The van der Waals surface area contributed by atoms with Crippen LogP contribution in [0.15, 0.2) is 35.7 Å². The third-order valence-electron chi connectivity index (χ3n) is 2.70. The van der Waals surface area contributed by atoms with Gasteiger partial charge in [0.2, 0.25) is 0 Å². The zero-order valence-electron chi connectivity index (χ0n) is 10.7. The number of hydrogen-bond donors (Lipinski definition) is 0. The molecule has 0 spiro atoms. The monoisotopic (exact) mass is 328 g/mol. The fraction of sp³-hybridized carbons (Fsp3) is 0.154. The highest BCUT2D eigenvalue weighted by atomic mass is 35.5. The number of thiophene rings is 1. The standard InChI is InChI=1S/C13H11ClO2S.Al.2H2O/c1-8(13(15)16)12-11(10(14)7-17-12)9-5-3-2-4-6-9;;;/h2-8H,1H3,(H,15,16);;2*1H2/q;+1;;/p-1. The first-order chi connectivity index (χ1) is 8.65. The highest BCUT2D eigenvalue weighted by Crippen LogP contribution is 2.40. The Bertz CT molecular complexity index is 559. The van der Waals surface area contributed by atoms with Crippen LogP contribution in [0.3, 0.4) is 0 Å². The van der Waals surface area contributed by atoms with Crippen molar-refractivity contribution in [1.29, 1.82) is 0 Å². The summed E-state index contributed by atoms with van der Waals surface area (Å²) in [7, 11) is 0. The van der Waals surface area contributed by atoms with Gasteiger partial charge >= 0.3 is 16.6 Å². The number of carbonyl (C=O) groups is 1. The smallest absolute Gasteiger partial charge is 0.484 e. The predicted molar refractivity (Wildman–Crippen MR) is 82.3 cm³/mol. The van der Waals surface area contributed by atoms with E-state index in [2.05, 4.69) is 0 Å². The van der Waals surface area contributed by atoms with Crippen LogP contribution in [0.2, 0.25) is 5.02 Å². The molecule has 1 aromatic heterocycles. The SMILES string of the molecule is CC(C(=O)[O][Al])c1scc(Cl)c1-c1ccccc1.O.O. The minimum Gasteiger partial charge on any atom is -0.628 e. The van der Waals surface area contributed by atoms with Crippen molar-refractivity contribution in [3.05, 3.63) is 45.6 Å². The summed E-state index contributed by atoms with van der Waals surface area (Å²) in [5, 5.41) is 2.52. The predicted octanol–water partition coefficient (Wildman–Crippen LogP) is 2.15. The quantitative estimate of drug-likeness (QED) is 0.808. The third kappa shape index (κ3) is 3.83. The molecule has 0 aliphatic carbocycles. The number of benzene rings is 1. The third-order valence-corrected chi connectivity index (χ3v) is 4.52. The maximum Gasteiger partial charge on any atom is 0.484 e. The van der Waals surface area contributed by atoms with E-state index in [0.717, 1.165) is 16.0 Å². The van der Waals surface area contributed by atoms with Gasteiger partial charge < -0.3 is 14.7 Å². The summed E-state index contributed by atoms with van der Waals surface area (Å²) in [6.07, 6.45) is 0. The van der Waals surface area contributed by atoms with Gasteiger partial charge in [-0.05, 0) is 12.5 Å². The molecule has 0 fully saturated rings. The highest BCUT2D eigenvalue weighted by molar-refractivity contribution is 7.11. The summed E-state index contributed by atoms with van der Waals surface area (Å²) in [6, 6.07) is 9.81. The van der Waals surface area contributed by atoms with Gasteiger partial charge in [-0.1, -0.05) is 41.9 Å². The lowest BCUT2D eigenvalue weighted by Gasteiger charge is -2.12. The van der Waals surface area contributed by atoms with E-state index in [9.17, 15) is 4.79 Å². The van der Waals surface area contributed by atoms with Gasteiger partial charge in [0.05, 0.1) is 10.9 Å². The second-order valence-corrected chi connectivity index (χ2v) is 5.40. The molecule has 0 amide bonds. The largest absolute Gasteiger partial charge is 0.628 e. The first-order valence-electron chi connectivity index (χ1n) is 5.38. The Balaban J connectivity index is 0.00000180. The molecule has 4 N–H and O–H groups in total. The van der Waals surface area contributed by atoms with Crippen molar-refractivity contribution in [2.45, 2.75) is 12.8 Å². The Hall–Kier alpha value is -0.868. The molecule has 0 aliphatic heterocycles. The molecule has 1 unspecified atom stereocenters. The van der Waals surface area contributed by atoms with Crippen LogP contribution in [0.4, 0.5) is 0 Å². The summed E-state index contributed by atoms with van der Waals surface area (Å²) >= 11 is 9.69. The zero-order valence-corrected chi connectivity index (χ0v) is 13.4. The zero-order chi connectivity index (χ0) is 13.1. The summed E-state index contributed by atoms with van der Waals surface area (Å²) in [6.45, 7) is 1.82. The Morgan fingerprint density at radius 3 is 2.45 bits per heavy atom. The molecule has 2 rings (SSSR count). The lowest BCUT2D eigenvalue weighted by atomic mass is 10.0. The average molecular weight is 329 g/mol. The van der Waals surface area contributed by atoms with Gasteiger partial charge in [0.1, 0.15) is 0 Å². The van der Waals surface area contributed by atoms with Crippen LogP contribution in [-0.2, 0) is 8.58 Å². The molecule has 1 aromatic carbocycles. The van der Waals surface area contributed by atoms with E-state index in [-0.39, 0.29) is 22.8 Å². The van der Waals surface area contributed by atoms with Crippen LogP contribution in [0.1, 0.15) is 17.7 Å². The Labute approximate surface area is 134 Å². The highest BCUT2D eigenvalue weighted by Gasteiger charge is 2.22. The fourth-order valence-electron chi connectivity index (χ4n) is 1.76. The molecular weight excluding hydrogens is 315 g/mol. The van der Waals surface area contributed by atoms with Crippen molar-refractivity contribution in [2.24, 2.45) is 0 Å². The molecule has 0 bridgehead atoms. The maximum atomic E-state index is 11.6. The van der Waals surface area contributed by atoms with Crippen molar-refractivity contribution in [3.63, 3.8) is 0 Å². The first-order valence-corrected chi connectivity index (χ1v) is 7.11. The van der Waals surface area contributed by atoms with Crippen molar-refractivity contribution >= 4 is 45.5 Å². The van der Waals surface area contributed by atoms with Gasteiger partial charge in [0.25, 0.3) is 5.97 Å². The lowest BCUT2D eigenvalue weighted by molar-refractivity contribution is -0.135. The first kappa shape index (κ1) is 19.1. The topological polar surface area (TPSA) is 89.3 Å². The van der Waals surface area contributed by atoms with Crippen LogP contribution in [0.5, 0.6) is 0 Å². The van der Waals surface area contributed by atoms with Gasteiger partial charge in [0.15, 0.2) is 0 Å². The second kappa shape index (κ2) is 8.43. The molecule has 2 aromatic rings. The number of carbonyl (C=O) groups excluding carboxylic acids is 1. The fourth-order valence-corrected chi connectivity index (χ4v) is 3.36. The van der Waals surface area contributed by atoms with Gasteiger partial charge in [-0.3, -0.25) is 4.79 Å². The molecule has 0 saturated heterocycles. The van der Waals surface area contributed by atoms with E-state index >= 15 is 0 Å². The average Bonchev–Trinajstić information content (AvgIpc) is 2.79. The molecule has 7 heteroatoms. The van der Waals surface area contributed by atoms with Gasteiger partial charge in [-0.2, -0.15) is 0 Å². The minimum atomic E-state index is -0.324. The van der Waals surface area contributed by atoms with Gasteiger partial charge in [-0.25, -0.2) is 0 Å². The second-order valence-electron chi connectivity index (χ2n) is 3.85. The van der Waals surface area contributed by atoms with E-state index in [1.165, 1.54) is 11.3 Å². The van der Waals surface area contributed by atoms with E-state index in [1.807, 2.05) is 59.3 Å². The normalized spacial score (nSPS) is 10.9. The summed E-state index contributed by atoms with van der Waals surface area (Å²) in [5.74, 6) is -0.606. The van der Waals surface area contributed by atoms with Crippen molar-refractivity contribution in [2.75, 3.05) is 0 Å². The lowest BCUT2D eigenvalue weighted by Crippen LogP contribution is -2.10. The number of halogens is 1. The minimum absolute atomic E-state index is 0. The molecular formula is C13H14AlClO4S. The Kier molecular flexibility index (Phi) is 8.06.